The number of methoxy groups -OCH3 is 1. The number of rotatable bonds is 8. The summed E-state index contributed by atoms with van der Waals surface area (Å²) >= 11 is 7.07. The summed E-state index contributed by atoms with van der Waals surface area (Å²) in [7, 11) is 1.21. The third kappa shape index (κ3) is 7.05. The minimum atomic E-state index is -4.66. The number of anilines is 1. The first-order valence-electron chi connectivity index (χ1n) is 9.94. The molecule has 9 nitrogen and oxygen atoms in total. The van der Waals surface area contributed by atoms with Crippen molar-refractivity contribution in [3.8, 4) is 11.5 Å². The number of carbonyl (C=O) groups excluding carboxylic acids is 3. The molecule has 3 rings (SSSR count). The Morgan fingerprint density at radius 3 is 2.38 bits per heavy atom. The smallest absolute Gasteiger partial charge is 0.416 e. The predicted octanol–water partition coefficient (Wildman–Crippen LogP) is 5.38. The van der Waals surface area contributed by atoms with Crippen LogP contribution in [0.4, 0.5) is 23.7 Å². The van der Waals surface area contributed by atoms with Gasteiger partial charge >= 0.3 is 12.1 Å². The van der Waals surface area contributed by atoms with Crippen molar-refractivity contribution in [1.82, 2.24) is 4.90 Å². The second-order valence-electron chi connectivity index (χ2n) is 7.22. The molecule has 0 spiro atoms. The molecule has 1 fully saturated rings. The molecule has 0 radical (unpaired) electrons. The summed E-state index contributed by atoms with van der Waals surface area (Å²) in [6.07, 6.45) is -3.28. The molecule has 0 aromatic heterocycles. The summed E-state index contributed by atoms with van der Waals surface area (Å²) in [5, 5.41) is 10.3. The summed E-state index contributed by atoms with van der Waals surface area (Å²) in [6.45, 7) is -1.32. The van der Waals surface area contributed by atoms with Crippen LogP contribution < -0.4 is 14.8 Å². The number of imide groups is 1. The fourth-order valence-corrected chi connectivity index (χ4v) is 5.33. The van der Waals surface area contributed by atoms with Crippen LogP contribution in [0.25, 0.3) is 6.08 Å². The second-order valence-corrected chi connectivity index (χ2v) is 9.93. The van der Waals surface area contributed by atoms with E-state index in [1.165, 1.54) is 25.3 Å². The van der Waals surface area contributed by atoms with Gasteiger partial charge in [-0.1, -0.05) is 0 Å². The Morgan fingerprint density at radius 2 is 1.81 bits per heavy atom. The lowest BCUT2D eigenvalue weighted by Gasteiger charge is -2.16. The Balaban J connectivity index is 1.75. The molecular formula is C22H15Br2F3N2O7S. The van der Waals surface area contributed by atoms with Crippen molar-refractivity contribution in [3.63, 3.8) is 0 Å². The Labute approximate surface area is 228 Å². The number of hydrogen-bond acceptors (Lipinski definition) is 7. The topological polar surface area (TPSA) is 122 Å². The number of carboxylic acids is 1. The quantitative estimate of drug-likeness (QED) is 0.360. The van der Waals surface area contributed by atoms with E-state index in [0.29, 0.717) is 37.2 Å². The van der Waals surface area contributed by atoms with Gasteiger partial charge in [0.2, 0.25) is 5.91 Å². The first-order chi connectivity index (χ1) is 17.3. The number of benzene rings is 2. The number of nitrogens with one attached hydrogen (secondary N) is 1. The van der Waals surface area contributed by atoms with Gasteiger partial charge in [0.05, 0.1) is 32.2 Å². The van der Waals surface area contributed by atoms with Crippen LogP contribution >= 0.6 is 43.6 Å². The lowest BCUT2D eigenvalue weighted by atomic mass is 10.1. The molecule has 2 aromatic rings. The third-order valence-electron chi connectivity index (χ3n) is 4.63. The van der Waals surface area contributed by atoms with Gasteiger partial charge in [-0.25, -0.2) is 4.79 Å². The third-order valence-corrected chi connectivity index (χ3v) is 6.72. The second kappa shape index (κ2) is 11.6. The molecule has 15 heteroatoms. The number of thioether (sulfide) groups is 1. The molecular weight excluding hydrogens is 653 g/mol. The van der Waals surface area contributed by atoms with Crippen LogP contribution in [0, 0.1) is 0 Å². The fraction of sp³-hybridized carbons (Fsp3) is 0.182. The first-order valence-corrected chi connectivity index (χ1v) is 12.3. The Hall–Kier alpha value is -3.04. The van der Waals surface area contributed by atoms with Gasteiger partial charge in [0, 0.05) is 0 Å². The highest BCUT2D eigenvalue weighted by Gasteiger charge is 2.37. The molecule has 1 aliphatic rings. The first kappa shape index (κ1) is 28.5. The van der Waals surface area contributed by atoms with E-state index in [2.05, 4.69) is 37.2 Å². The highest BCUT2D eigenvalue weighted by molar-refractivity contribution is 9.11. The van der Waals surface area contributed by atoms with Crippen LogP contribution in [0.15, 0.2) is 44.2 Å². The van der Waals surface area contributed by atoms with Crippen molar-refractivity contribution in [1.29, 1.82) is 0 Å². The zero-order chi connectivity index (χ0) is 27.5. The zero-order valence-electron chi connectivity index (χ0n) is 18.5. The number of ether oxygens (including phenoxy) is 2. The lowest BCUT2D eigenvalue weighted by molar-refractivity contribution is -0.139. The van der Waals surface area contributed by atoms with Gasteiger partial charge in [-0.15, -0.1) is 0 Å². The maximum Gasteiger partial charge on any atom is 0.416 e. The highest BCUT2D eigenvalue weighted by Crippen LogP contribution is 2.38. The monoisotopic (exact) mass is 666 g/mol. The number of halogens is 5. The van der Waals surface area contributed by atoms with Crippen molar-refractivity contribution in [2.75, 3.05) is 25.6 Å². The molecule has 0 aliphatic carbocycles. The molecule has 3 amide bonds. The van der Waals surface area contributed by atoms with E-state index in [1.807, 2.05) is 0 Å². The van der Waals surface area contributed by atoms with E-state index < -0.39 is 47.9 Å². The molecule has 1 saturated heterocycles. The van der Waals surface area contributed by atoms with E-state index >= 15 is 0 Å². The van der Waals surface area contributed by atoms with Crippen molar-refractivity contribution < 1.29 is 46.9 Å². The van der Waals surface area contributed by atoms with Gasteiger partial charge < -0.3 is 19.9 Å². The maximum atomic E-state index is 13.0. The summed E-state index contributed by atoms with van der Waals surface area (Å²) in [6, 6.07) is 5.57. The van der Waals surface area contributed by atoms with E-state index in [1.54, 1.807) is 0 Å². The van der Waals surface area contributed by atoms with E-state index in [9.17, 15) is 32.3 Å². The normalized spacial score (nSPS) is 14.8. The van der Waals surface area contributed by atoms with Gasteiger partial charge in [0.15, 0.2) is 6.61 Å². The molecule has 0 unspecified atom stereocenters. The predicted molar refractivity (Wildman–Crippen MR) is 134 cm³/mol. The van der Waals surface area contributed by atoms with E-state index in [0.717, 1.165) is 12.1 Å². The van der Waals surface area contributed by atoms with Crippen molar-refractivity contribution in [3.05, 3.63) is 55.3 Å². The summed E-state index contributed by atoms with van der Waals surface area (Å²) < 4.78 is 50.0. The SMILES string of the molecule is COc1ccc(C(F)(F)F)cc1NC(=O)CN1C(=O)S/C(=C\c2cc(Br)c(OCC(=O)O)c(Br)c2)C1=O. The summed E-state index contributed by atoms with van der Waals surface area (Å²) in [4.78, 5) is 49.1. The maximum absolute atomic E-state index is 13.0. The molecule has 0 atom stereocenters. The van der Waals surface area contributed by atoms with Gasteiger partial charge in [0.25, 0.3) is 11.1 Å². The molecule has 37 heavy (non-hydrogen) atoms. The Bertz CT molecular complexity index is 1290. The number of nitrogens with zero attached hydrogens (tertiary/aromatic N) is 1. The van der Waals surface area contributed by atoms with Crippen molar-refractivity contribution in [2.24, 2.45) is 0 Å². The van der Waals surface area contributed by atoms with E-state index in [4.69, 9.17) is 14.6 Å². The summed E-state index contributed by atoms with van der Waals surface area (Å²) in [5.41, 5.74) is -0.843. The number of alkyl halides is 3. The molecule has 1 aliphatic heterocycles. The summed E-state index contributed by atoms with van der Waals surface area (Å²) in [5.74, 6) is -2.69. The van der Waals surface area contributed by atoms with Gasteiger partial charge in [-0.3, -0.25) is 19.3 Å². The van der Waals surface area contributed by atoms with Crippen molar-refractivity contribution in [2.45, 2.75) is 6.18 Å². The molecule has 2 aromatic carbocycles. The van der Waals surface area contributed by atoms with Crippen LogP contribution in [0.2, 0.25) is 0 Å². The molecule has 0 bridgehead atoms. The minimum absolute atomic E-state index is 0.00699. The van der Waals surface area contributed by atoms with Crippen LogP contribution in [0.3, 0.4) is 0 Å². The average molecular weight is 668 g/mol. The van der Waals surface area contributed by atoms with E-state index in [-0.39, 0.29) is 22.1 Å². The standard InChI is InChI=1S/C22H15Br2F3N2O7S/c1-35-15-3-2-11(22(25,26)27)7-14(15)28-17(30)8-29-20(33)16(37-21(29)34)6-10-4-12(23)19(13(24)5-10)36-9-18(31)32/h2-7H,8-9H2,1H3,(H,28,30)(H,31,32)/b16-6-. The highest BCUT2D eigenvalue weighted by atomic mass is 79.9. The number of hydrogen-bond donors (Lipinski definition) is 2. The Kier molecular flexibility index (Phi) is 8.92. The molecule has 1 heterocycles. The molecule has 2 N–H and O–H groups in total. The van der Waals surface area contributed by atoms with Crippen LogP contribution in [0.5, 0.6) is 11.5 Å². The van der Waals surface area contributed by atoms with Gasteiger partial charge in [-0.2, -0.15) is 13.2 Å². The number of carbonyl (C=O) groups is 4. The minimum Gasteiger partial charge on any atom is -0.495 e. The van der Waals surface area contributed by atoms with Crippen molar-refractivity contribution >= 4 is 78.4 Å². The fourth-order valence-electron chi connectivity index (χ4n) is 3.04. The largest absolute Gasteiger partial charge is 0.495 e. The number of aliphatic carboxylic acids is 1. The molecule has 196 valence electrons. The van der Waals surface area contributed by atoms with Crippen LogP contribution in [-0.4, -0.2) is 53.3 Å². The number of amides is 3. The molecule has 0 saturated carbocycles. The zero-order valence-corrected chi connectivity index (χ0v) is 22.5. The average Bonchev–Trinajstić information content (AvgIpc) is 3.04. The van der Waals surface area contributed by atoms with Gasteiger partial charge in [-0.05, 0) is 85.6 Å². The lowest BCUT2D eigenvalue weighted by Crippen LogP contribution is -2.36. The Morgan fingerprint density at radius 1 is 1.16 bits per heavy atom. The van der Waals surface area contributed by atoms with Crippen LogP contribution in [-0.2, 0) is 20.6 Å². The van der Waals surface area contributed by atoms with Crippen LogP contribution in [0.1, 0.15) is 11.1 Å². The number of carboxylic acid groups (broad SMARTS) is 1. The van der Waals surface area contributed by atoms with Gasteiger partial charge in [0.1, 0.15) is 18.0 Å².